The Labute approximate surface area is 135 Å². The van der Waals surface area contributed by atoms with Gasteiger partial charge >= 0.3 is 0 Å². The van der Waals surface area contributed by atoms with E-state index in [4.69, 9.17) is 6.42 Å². The summed E-state index contributed by atoms with van der Waals surface area (Å²) in [6.07, 6.45) is 10.4. The minimum atomic E-state index is -0.214. The lowest BCUT2D eigenvalue weighted by atomic mass is 10.1. The van der Waals surface area contributed by atoms with Crippen LogP contribution in [0.3, 0.4) is 0 Å². The highest BCUT2D eigenvalue weighted by Crippen LogP contribution is 2.23. The molecule has 3 heterocycles. The van der Waals surface area contributed by atoms with Gasteiger partial charge in [-0.25, -0.2) is 9.67 Å². The third-order valence-corrected chi connectivity index (χ3v) is 4.02. The molecule has 0 aromatic carbocycles. The van der Waals surface area contributed by atoms with Gasteiger partial charge in [-0.15, -0.1) is 12.3 Å². The van der Waals surface area contributed by atoms with Crippen LogP contribution in [0, 0.1) is 24.2 Å². The molecule has 1 aliphatic heterocycles. The van der Waals surface area contributed by atoms with E-state index in [1.807, 2.05) is 4.57 Å². The van der Waals surface area contributed by atoms with Crippen LogP contribution in [0.4, 0.5) is 5.95 Å². The fraction of sp³-hybridized carbons (Fsp3) is 0.471. The minimum Gasteiger partial charge on any atom is -0.342 e. The molecule has 0 bridgehead atoms. The topological polar surface area (TPSA) is 56.0 Å². The Kier molecular flexibility index (Phi) is 4.34. The fourth-order valence-corrected chi connectivity index (χ4v) is 2.92. The largest absolute Gasteiger partial charge is 0.342 e. The molecule has 0 spiro atoms. The van der Waals surface area contributed by atoms with Crippen LogP contribution in [0.2, 0.25) is 0 Å². The average Bonchev–Trinajstić information content (AvgIpc) is 2.96. The number of hydrogen-bond acceptors (Lipinski definition) is 4. The molecule has 0 unspecified atom stereocenters. The van der Waals surface area contributed by atoms with E-state index in [-0.39, 0.29) is 12.1 Å². The van der Waals surface area contributed by atoms with Crippen LogP contribution >= 0.6 is 0 Å². The van der Waals surface area contributed by atoms with Crippen molar-refractivity contribution >= 4 is 17.0 Å². The molecule has 0 N–H and O–H groups in total. The van der Waals surface area contributed by atoms with Gasteiger partial charge in [-0.1, -0.05) is 11.8 Å². The molecule has 6 nitrogen and oxygen atoms in total. The van der Waals surface area contributed by atoms with Gasteiger partial charge in [0.25, 0.3) is 5.56 Å². The van der Waals surface area contributed by atoms with Gasteiger partial charge < -0.3 is 4.90 Å². The van der Waals surface area contributed by atoms with E-state index >= 15 is 0 Å². The number of rotatable bonds is 3. The highest BCUT2D eigenvalue weighted by Gasteiger charge is 2.21. The zero-order valence-corrected chi connectivity index (χ0v) is 13.2. The molecule has 23 heavy (non-hydrogen) atoms. The molecule has 0 aliphatic carbocycles. The van der Waals surface area contributed by atoms with Crippen molar-refractivity contribution in [3.05, 3.63) is 16.6 Å². The Morgan fingerprint density at radius 1 is 1.26 bits per heavy atom. The molecule has 0 saturated carbocycles. The molecule has 1 fully saturated rings. The van der Waals surface area contributed by atoms with Crippen molar-refractivity contribution in [1.29, 1.82) is 0 Å². The number of fused-ring (bicyclic) bond motifs is 1. The average molecular weight is 309 g/mol. The van der Waals surface area contributed by atoms with Crippen LogP contribution in [-0.2, 0) is 13.1 Å². The normalized spacial score (nSPS) is 14.3. The monoisotopic (exact) mass is 309 g/mol. The lowest BCUT2D eigenvalue weighted by Crippen LogP contribution is -2.32. The SMILES string of the molecule is C#CCn1ncc2nc(N3CCCCC3)n(CC#CC)c2c1=O. The van der Waals surface area contributed by atoms with Gasteiger partial charge in [0.15, 0.2) is 0 Å². The molecule has 0 radical (unpaired) electrons. The zero-order valence-electron chi connectivity index (χ0n) is 13.2. The molecule has 118 valence electrons. The number of anilines is 1. The standard InChI is InChI=1S/C17H19N5O/c1-3-5-12-21-15-14(13-18-22(9-4-2)16(15)23)19-17(21)20-10-7-6-8-11-20/h2,13H,6-12H2,1H3. The van der Waals surface area contributed by atoms with E-state index in [1.165, 1.54) is 11.1 Å². The summed E-state index contributed by atoms with van der Waals surface area (Å²) in [5, 5.41) is 4.11. The molecule has 2 aromatic rings. The molecular formula is C17H19N5O. The van der Waals surface area contributed by atoms with Gasteiger partial charge in [0.2, 0.25) is 5.95 Å². The van der Waals surface area contributed by atoms with Crippen LogP contribution in [0.1, 0.15) is 26.2 Å². The lowest BCUT2D eigenvalue weighted by Gasteiger charge is -2.27. The van der Waals surface area contributed by atoms with Crippen molar-refractivity contribution in [2.75, 3.05) is 18.0 Å². The Balaban J connectivity index is 2.18. The summed E-state index contributed by atoms with van der Waals surface area (Å²) in [4.78, 5) is 19.5. The number of terminal acetylenes is 1. The van der Waals surface area contributed by atoms with Gasteiger partial charge in [0.1, 0.15) is 17.6 Å². The predicted molar refractivity (Wildman–Crippen MR) is 90.1 cm³/mol. The van der Waals surface area contributed by atoms with Crippen molar-refractivity contribution in [2.24, 2.45) is 0 Å². The van der Waals surface area contributed by atoms with Crippen LogP contribution in [0.5, 0.6) is 0 Å². The van der Waals surface area contributed by atoms with E-state index < -0.39 is 0 Å². The molecular weight excluding hydrogens is 290 g/mol. The molecule has 6 heteroatoms. The fourth-order valence-electron chi connectivity index (χ4n) is 2.92. The summed E-state index contributed by atoms with van der Waals surface area (Å²) < 4.78 is 3.19. The Morgan fingerprint density at radius 2 is 2.04 bits per heavy atom. The first-order valence-corrected chi connectivity index (χ1v) is 7.80. The maximum absolute atomic E-state index is 12.7. The van der Waals surface area contributed by atoms with Crippen molar-refractivity contribution in [2.45, 2.75) is 39.3 Å². The van der Waals surface area contributed by atoms with Crippen molar-refractivity contribution in [1.82, 2.24) is 19.3 Å². The Bertz CT molecular complexity index is 868. The molecule has 3 rings (SSSR count). The minimum absolute atomic E-state index is 0.151. The first-order valence-electron chi connectivity index (χ1n) is 7.80. The van der Waals surface area contributed by atoms with Crippen LogP contribution in [-0.4, -0.2) is 32.4 Å². The second-order valence-corrected chi connectivity index (χ2v) is 5.52. The quantitative estimate of drug-likeness (QED) is 0.801. The summed E-state index contributed by atoms with van der Waals surface area (Å²) in [6, 6.07) is 0. The summed E-state index contributed by atoms with van der Waals surface area (Å²) in [5.74, 6) is 9.18. The third kappa shape index (κ3) is 2.80. The molecule has 1 saturated heterocycles. The molecule has 0 atom stereocenters. The van der Waals surface area contributed by atoms with E-state index in [0.717, 1.165) is 31.9 Å². The summed E-state index contributed by atoms with van der Waals surface area (Å²) in [7, 11) is 0. The smallest absolute Gasteiger partial charge is 0.293 e. The van der Waals surface area contributed by atoms with E-state index in [1.54, 1.807) is 13.1 Å². The Hall–Kier alpha value is -2.73. The van der Waals surface area contributed by atoms with E-state index in [2.05, 4.69) is 32.7 Å². The van der Waals surface area contributed by atoms with E-state index in [0.29, 0.717) is 17.6 Å². The molecule has 1 aliphatic rings. The lowest BCUT2D eigenvalue weighted by molar-refractivity contribution is 0.561. The number of imidazole rings is 1. The van der Waals surface area contributed by atoms with Gasteiger partial charge in [-0.05, 0) is 26.2 Å². The van der Waals surface area contributed by atoms with Crippen LogP contribution < -0.4 is 10.5 Å². The highest BCUT2D eigenvalue weighted by atomic mass is 16.1. The highest BCUT2D eigenvalue weighted by molar-refractivity contribution is 5.77. The molecule has 0 amide bonds. The van der Waals surface area contributed by atoms with E-state index in [9.17, 15) is 4.79 Å². The van der Waals surface area contributed by atoms with Crippen LogP contribution in [0.25, 0.3) is 11.0 Å². The number of aromatic nitrogens is 4. The Morgan fingerprint density at radius 3 is 2.74 bits per heavy atom. The number of nitrogens with zero attached hydrogens (tertiary/aromatic N) is 5. The zero-order chi connectivity index (χ0) is 16.2. The predicted octanol–water partition coefficient (Wildman–Crippen LogP) is 1.24. The first-order chi connectivity index (χ1) is 11.3. The number of piperidine rings is 1. The van der Waals surface area contributed by atoms with Gasteiger partial charge in [-0.2, -0.15) is 5.10 Å². The second-order valence-electron chi connectivity index (χ2n) is 5.52. The van der Waals surface area contributed by atoms with Gasteiger partial charge in [-0.3, -0.25) is 9.36 Å². The summed E-state index contributed by atoms with van der Waals surface area (Å²) >= 11 is 0. The first kappa shape index (κ1) is 15.2. The van der Waals surface area contributed by atoms with Gasteiger partial charge in [0.05, 0.1) is 12.7 Å². The molecule has 2 aromatic heterocycles. The van der Waals surface area contributed by atoms with Gasteiger partial charge in [0, 0.05) is 13.1 Å². The summed E-state index contributed by atoms with van der Waals surface area (Å²) in [5.41, 5.74) is 0.912. The third-order valence-electron chi connectivity index (χ3n) is 4.02. The van der Waals surface area contributed by atoms with Crippen molar-refractivity contribution < 1.29 is 0 Å². The second kappa shape index (κ2) is 6.58. The summed E-state index contributed by atoms with van der Waals surface area (Å²) in [6.45, 7) is 4.29. The maximum atomic E-state index is 12.7. The maximum Gasteiger partial charge on any atom is 0.293 e. The van der Waals surface area contributed by atoms with Crippen molar-refractivity contribution in [3.63, 3.8) is 0 Å². The number of hydrogen-bond donors (Lipinski definition) is 0. The van der Waals surface area contributed by atoms with Crippen molar-refractivity contribution in [3.8, 4) is 24.2 Å². The van der Waals surface area contributed by atoms with Crippen LogP contribution in [0.15, 0.2) is 11.0 Å².